The maximum absolute atomic E-state index is 12.5. The summed E-state index contributed by atoms with van der Waals surface area (Å²) in [6.07, 6.45) is 1.85. The Hall–Kier alpha value is -3.54. The molecule has 2 aromatic heterocycles. The third-order valence-corrected chi connectivity index (χ3v) is 5.08. The van der Waals surface area contributed by atoms with Crippen molar-refractivity contribution in [1.82, 2.24) is 9.24 Å². The van der Waals surface area contributed by atoms with Gasteiger partial charge in [-0.15, -0.1) is 0 Å². The number of nitrogens with one attached hydrogen (secondary N) is 1. The largest absolute Gasteiger partial charge is 0.478 e. The van der Waals surface area contributed by atoms with E-state index in [9.17, 15) is 14.7 Å². The SMILES string of the molecule is Cc1c2n(c3cc(C(=O)O)ccc13)CC(=O)Nn1ccc3cccc-2c31. The fraction of sp³-hybridized carbons (Fsp3) is 0.100. The fourth-order valence-electron chi connectivity index (χ4n) is 3.96. The summed E-state index contributed by atoms with van der Waals surface area (Å²) in [5, 5.41) is 11.3. The number of aromatic nitrogens is 2. The quantitative estimate of drug-likeness (QED) is 0.555. The summed E-state index contributed by atoms with van der Waals surface area (Å²) < 4.78 is 3.67. The van der Waals surface area contributed by atoms with E-state index in [0.29, 0.717) is 0 Å². The number of carbonyl (C=O) groups excluding carboxylic acids is 1. The number of aryl methyl sites for hydroxylation is 1. The number of aromatic carboxylic acids is 1. The van der Waals surface area contributed by atoms with E-state index in [-0.39, 0.29) is 18.0 Å². The van der Waals surface area contributed by atoms with Gasteiger partial charge in [-0.1, -0.05) is 24.3 Å². The molecule has 3 heterocycles. The normalized spacial score (nSPS) is 13.3. The van der Waals surface area contributed by atoms with Crippen LogP contribution in [0.1, 0.15) is 15.9 Å². The second-order valence-electron chi connectivity index (χ2n) is 6.56. The van der Waals surface area contributed by atoms with Crippen molar-refractivity contribution in [2.75, 3.05) is 5.43 Å². The number of rotatable bonds is 1. The van der Waals surface area contributed by atoms with Crippen LogP contribution < -0.4 is 5.43 Å². The minimum atomic E-state index is -0.980. The summed E-state index contributed by atoms with van der Waals surface area (Å²) in [4.78, 5) is 23.9. The number of nitrogens with zero attached hydrogens (tertiary/aromatic N) is 2. The fourth-order valence-corrected chi connectivity index (χ4v) is 3.96. The van der Waals surface area contributed by atoms with Gasteiger partial charge in [-0.3, -0.25) is 14.9 Å². The smallest absolute Gasteiger partial charge is 0.335 e. The topological polar surface area (TPSA) is 76.3 Å². The summed E-state index contributed by atoms with van der Waals surface area (Å²) in [5.74, 6) is -1.14. The minimum Gasteiger partial charge on any atom is -0.478 e. The summed E-state index contributed by atoms with van der Waals surface area (Å²) in [5.41, 5.74) is 7.79. The first kappa shape index (κ1) is 14.8. The summed E-state index contributed by atoms with van der Waals surface area (Å²) in [6, 6.07) is 13.1. The number of amides is 1. The van der Waals surface area contributed by atoms with Gasteiger partial charge in [0.1, 0.15) is 6.54 Å². The highest BCUT2D eigenvalue weighted by Gasteiger charge is 2.23. The predicted octanol–water partition coefficient (Wildman–Crippen LogP) is 3.35. The zero-order chi connectivity index (χ0) is 18.0. The molecular weight excluding hydrogens is 330 g/mol. The van der Waals surface area contributed by atoms with Gasteiger partial charge >= 0.3 is 5.97 Å². The van der Waals surface area contributed by atoms with Gasteiger partial charge in [0.25, 0.3) is 5.91 Å². The molecule has 6 heteroatoms. The molecule has 0 fully saturated rings. The number of benzene rings is 2. The van der Waals surface area contributed by atoms with Crippen LogP contribution in [0.15, 0.2) is 48.7 Å². The van der Waals surface area contributed by atoms with Crippen LogP contribution in [-0.2, 0) is 11.3 Å². The lowest BCUT2D eigenvalue weighted by Gasteiger charge is -2.19. The Morgan fingerprint density at radius 2 is 2.04 bits per heavy atom. The Kier molecular flexibility index (Phi) is 2.83. The molecule has 128 valence electrons. The monoisotopic (exact) mass is 345 g/mol. The Morgan fingerprint density at radius 3 is 2.85 bits per heavy atom. The second kappa shape index (κ2) is 4.98. The second-order valence-corrected chi connectivity index (χ2v) is 6.56. The van der Waals surface area contributed by atoms with Crippen LogP contribution in [0, 0.1) is 6.92 Å². The van der Waals surface area contributed by atoms with Gasteiger partial charge < -0.3 is 9.67 Å². The number of fused-ring (bicyclic) bond motifs is 4. The van der Waals surface area contributed by atoms with Crippen molar-refractivity contribution in [2.45, 2.75) is 13.5 Å². The van der Waals surface area contributed by atoms with Gasteiger partial charge in [0.2, 0.25) is 0 Å². The van der Waals surface area contributed by atoms with Crippen molar-refractivity contribution < 1.29 is 14.7 Å². The molecule has 0 radical (unpaired) electrons. The molecule has 1 aliphatic heterocycles. The average Bonchev–Trinajstić information content (AvgIpc) is 3.13. The molecule has 0 atom stereocenters. The van der Waals surface area contributed by atoms with Gasteiger partial charge in [-0.05, 0) is 30.7 Å². The molecule has 0 saturated carbocycles. The highest BCUT2D eigenvalue weighted by Crippen LogP contribution is 2.38. The Balaban J connectivity index is 1.95. The zero-order valence-electron chi connectivity index (χ0n) is 14.0. The van der Waals surface area contributed by atoms with Gasteiger partial charge in [0, 0.05) is 22.5 Å². The molecule has 5 rings (SSSR count). The van der Waals surface area contributed by atoms with Crippen molar-refractivity contribution >= 4 is 33.7 Å². The van der Waals surface area contributed by atoms with Crippen LogP contribution in [0.2, 0.25) is 0 Å². The number of hydrogen-bond acceptors (Lipinski definition) is 2. The summed E-state index contributed by atoms with van der Waals surface area (Å²) in [7, 11) is 0. The molecule has 1 amide bonds. The standard InChI is InChI=1S/C20H15N3O3/c1-11-14-6-5-13(20(25)26)9-16(14)22-10-17(24)21-23-8-7-12-3-2-4-15(18(11)22)19(12)23/h2-9H,10H2,1H3,(H,21,24)(H,25,26). The number of para-hydroxylation sites is 1. The maximum atomic E-state index is 12.5. The van der Waals surface area contributed by atoms with Crippen LogP contribution in [0.25, 0.3) is 33.1 Å². The van der Waals surface area contributed by atoms with Crippen LogP contribution in [0.4, 0.5) is 0 Å². The lowest BCUT2D eigenvalue weighted by atomic mass is 10.0. The van der Waals surface area contributed by atoms with E-state index in [0.717, 1.165) is 38.6 Å². The van der Waals surface area contributed by atoms with E-state index in [1.807, 2.05) is 48.0 Å². The zero-order valence-corrected chi connectivity index (χ0v) is 14.0. The highest BCUT2D eigenvalue weighted by atomic mass is 16.4. The molecule has 2 aromatic carbocycles. The van der Waals surface area contributed by atoms with Crippen molar-refractivity contribution in [3.05, 3.63) is 59.8 Å². The van der Waals surface area contributed by atoms with Crippen LogP contribution in [-0.4, -0.2) is 26.2 Å². The molecule has 1 aliphatic rings. The lowest BCUT2D eigenvalue weighted by Crippen LogP contribution is -2.28. The van der Waals surface area contributed by atoms with Gasteiger partial charge in [-0.25, -0.2) is 4.79 Å². The molecular formula is C20H15N3O3. The van der Waals surface area contributed by atoms with Crippen LogP contribution >= 0.6 is 0 Å². The molecule has 0 unspecified atom stereocenters. The van der Waals surface area contributed by atoms with Crippen molar-refractivity contribution in [2.24, 2.45) is 0 Å². The third-order valence-electron chi connectivity index (χ3n) is 5.08. The predicted molar refractivity (Wildman–Crippen MR) is 98.9 cm³/mol. The molecule has 0 spiro atoms. The first-order valence-corrected chi connectivity index (χ1v) is 8.31. The minimum absolute atomic E-state index is 0.122. The molecule has 2 N–H and O–H groups in total. The number of hydrogen-bond donors (Lipinski definition) is 2. The summed E-state index contributed by atoms with van der Waals surface area (Å²) in [6.45, 7) is 2.14. The highest BCUT2D eigenvalue weighted by molar-refractivity contribution is 6.04. The molecule has 4 aromatic rings. The molecule has 0 aliphatic carbocycles. The van der Waals surface area contributed by atoms with E-state index < -0.39 is 5.97 Å². The number of carbonyl (C=O) groups is 2. The molecule has 0 saturated heterocycles. The van der Waals surface area contributed by atoms with Crippen molar-refractivity contribution in [3.8, 4) is 11.3 Å². The first-order valence-electron chi connectivity index (χ1n) is 8.31. The van der Waals surface area contributed by atoms with E-state index >= 15 is 0 Å². The van der Waals surface area contributed by atoms with Crippen molar-refractivity contribution in [1.29, 1.82) is 0 Å². The maximum Gasteiger partial charge on any atom is 0.335 e. The number of carboxylic acids is 1. The van der Waals surface area contributed by atoms with Crippen molar-refractivity contribution in [3.63, 3.8) is 0 Å². The Bertz CT molecular complexity index is 1250. The van der Waals surface area contributed by atoms with Gasteiger partial charge in [0.05, 0.1) is 22.3 Å². The first-order chi connectivity index (χ1) is 12.5. The van der Waals surface area contributed by atoms with Crippen LogP contribution in [0.3, 0.4) is 0 Å². The number of carboxylic acid groups (broad SMARTS) is 1. The van der Waals surface area contributed by atoms with E-state index in [1.54, 1.807) is 16.8 Å². The lowest BCUT2D eigenvalue weighted by molar-refractivity contribution is -0.117. The van der Waals surface area contributed by atoms with Crippen LogP contribution in [0.5, 0.6) is 0 Å². The summed E-state index contributed by atoms with van der Waals surface area (Å²) >= 11 is 0. The third kappa shape index (κ3) is 1.86. The molecule has 6 nitrogen and oxygen atoms in total. The van der Waals surface area contributed by atoms with Gasteiger partial charge in [-0.2, -0.15) is 0 Å². The Morgan fingerprint density at radius 1 is 1.19 bits per heavy atom. The average molecular weight is 345 g/mol. The van der Waals surface area contributed by atoms with E-state index in [4.69, 9.17) is 0 Å². The molecule has 0 bridgehead atoms. The van der Waals surface area contributed by atoms with Gasteiger partial charge in [0.15, 0.2) is 0 Å². The molecule has 26 heavy (non-hydrogen) atoms. The van der Waals surface area contributed by atoms with E-state index in [2.05, 4.69) is 5.43 Å². The van der Waals surface area contributed by atoms with E-state index in [1.165, 1.54) is 0 Å². The Labute approximate surface area is 148 Å².